The van der Waals surface area contributed by atoms with Gasteiger partial charge >= 0.3 is 0 Å². The van der Waals surface area contributed by atoms with E-state index in [4.69, 9.17) is 4.74 Å². The lowest BCUT2D eigenvalue weighted by Crippen LogP contribution is -2.33. The number of nitrogens with one attached hydrogen (secondary N) is 2. The topological polar surface area (TPSA) is 88.5 Å². The molecule has 1 aromatic carbocycles. The zero-order valence-corrected chi connectivity index (χ0v) is 23.6. The van der Waals surface area contributed by atoms with Crippen LogP contribution in [0.2, 0.25) is 0 Å². The van der Waals surface area contributed by atoms with Crippen LogP contribution in [-0.2, 0) is 7.05 Å². The number of benzene rings is 1. The molecule has 3 heterocycles. The molecule has 2 aromatic heterocycles. The number of hydrogen-bond acceptors (Lipinski definition) is 6. The molecule has 0 radical (unpaired) electrons. The molecule has 0 unspecified atom stereocenters. The van der Waals surface area contributed by atoms with Crippen LogP contribution in [0.4, 0.5) is 0 Å². The van der Waals surface area contributed by atoms with Gasteiger partial charge in [-0.2, -0.15) is 0 Å². The van der Waals surface area contributed by atoms with Crippen molar-refractivity contribution in [2.75, 3.05) is 39.3 Å². The number of nitrogens with zero attached hydrogens (tertiary/aromatic N) is 3. The molecule has 2 N–H and O–H groups in total. The third kappa shape index (κ3) is 9.36. The van der Waals surface area contributed by atoms with Crippen LogP contribution in [0.3, 0.4) is 0 Å². The van der Waals surface area contributed by atoms with Crippen LogP contribution in [0, 0.1) is 0 Å². The molecule has 1 aliphatic rings. The van der Waals surface area contributed by atoms with Gasteiger partial charge in [0.1, 0.15) is 5.75 Å². The lowest BCUT2D eigenvalue weighted by Gasteiger charge is -2.23. The second-order valence-electron chi connectivity index (χ2n) is 8.42. The Balaban J connectivity index is 0.00000241. The summed E-state index contributed by atoms with van der Waals surface area (Å²) in [5.74, 6) is 0.707. The van der Waals surface area contributed by atoms with Crippen molar-refractivity contribution in [1.29, 1.82) is 0 Å². The highest BCUT2D eigenvalue weighted by Gasteiger charge is 2.07. The first-order valence-corrected chi connectivity index (χ1v) is 11.8. The minimum Gasteiger partial charge on any atom is -0.494 e. The van der Waals surface area contributed by atoms with Gasteiger partial charge in [0.15, 0.2) is 0 Å². The number of rotatable bonds is 11. The molecule has 11 heteroatoms. The molecule has 0 aliphatic carbocycles. The summed E-state index contributed by atoms with van der Waals surface area (Å²) >= 11 is 0. The Bertz CT molecular complexity index is 1280. The zero-order valence-electron chi connectivity index (χ0n) is 21.2. The normalized spacial score (nSPS) is 12.0. The highest BCUT2D eigenvalue weighted by Crippen LogP contribution is 2.19. The highest BCUT2D eigenvalue weighted by atomic mass is 35.5. The predicted molar refractivity (Wildman–Crippen MR) is 159 cm³/mol. The summed E-state index contributed by atoms with van der Waals surface area (Å²) in [5.41, 5.74) is 2.69. The Hall–Kier alpha value is -3.04. The van der Waals surface area contributed by atoms with Gasteiger partial charge in [0.25, 0.3) is 11.5 Å². The van der Waals surface area contributed by atoms with Gasteiger partial charge in [-0.3, -0.25) is 14.6 Å². The number of aryl methyl sites for hydroxylation is 1. The van der Waals surface area contributed by atoms with Crippen LogP contribution >= 0.6 is 37.2 Å². The largest absolute Gasteiger partial charge is 0.494 e. The molecular weight excluding hydrogens is 549 g/mol. The molecule has 0 atom stereocenters. The average Bonchev–Trinajstić information content (AvgIpc) is 2.90. The summed E-state index contributed by atoms with van der Waals surface area (Å²) in [4.78, 5) is 29.9. The van der Waals surface area contributed by atoms with Crippen molar-refractivity contribution in [3.8, 4) is 5.75 Å². The molecule has 1 aliphatic heterocycles. The van der Waals surface area contributed by atoms with Crippen LogP contribution in [0.25, 0.3) is 10.9 Å². The summed E-state index contributed by atoms with van der Waals surface area (Å²) in [6, 6.07) is 12.7. The van der Waals surface area contributed by atoms with Gasteiger partial charge in [-0.25, -0.2) is 0 Å². The second kappa shape index (κ2) is 16.7. The predicted octanol–water partition coefficient (Wildman–Crippen LogP) is 3.74. The number of aromatic nitrogens is 2. The summed E-state index contributed by atoms with van der Waals surface area (Å²) in [7, 11) is 1.78. The SMILES string of the molecule is Cl.Cl.Cl.Cn1c(=O)ccc2cc(OCCCN3C=CC(CNCCNC(=O)c4cccnc4)=CC3)ccc21. The van der Waals surface area contributed by atoms with E-state index in [1.807, 2.05) is 24.3 Å². The second-order valence-corrected chi connectivity index (χ2v) is 8.42. The Kier molecular flexibility index (Phi) is 14.5. The van der Waals surface area contributed by atoms with Gasteiger partial charge in [-0.1, -0.05) is 6.08 Å². The lowest BCUT2D eigenvalue weighted by atomic mass is 10.2. The van der Waals surface area contributed by atoms with Crippen molar-refractivity contribution in [3.05, 3.63) is 94.7 Å². The van der Waals surface area contributed by atoms with Gasteiger partial charge in [0.05, 0.1) is 17.7 Å². The fraction of sp³-hybridized carbons (Fsp3) is 0.296. The summed E-state index contributed by atoms with van der Waals surface area (Å²) in [6.45, 7) is 4.44. The number of ether oxygens (including phenoxy) is 1. The van der Waals surface area contributed by atoms with Crippen molar-refractivity contribution >= 4 is 54.0 Å². The quantitative estimate of drug-likeness (QED) is 0.335. The summed E-state index contributed by atoms with van der Waals surface area (Å²) in [6.07, 6.45) is 10.6. The van der Waals surface area contributed by atoms with Gasteiger partial charge < -0.3 is 24.8 Å². The fourth-order valence-corrected chi connectivity index (χ4v) is 3.87. The first kappa shape index (κ1) is 33.0. The summed E-state index contributed by atoms with van der Waals surface area (Å²) < 4.78 is 7.56. The van der Waals surface area contributed by atoms with Gasteiger partial charge in [-0.15, -0.1) is 37.2 Å². The molecular formula is C27H34Cl3N5O3. The molecule has 4 rings (SSSR count). The molecule has 0 saturated heterocycles. The van der Waals surface area contributed by atoms with Crippen molar-refractivity contribution in [2.45, 2.75) is 6.42 Å². The third-order valence-corrected chi connectivity index (χ3v) is 5.88. The van der Waals surface area contributed by atoms with E-state index >= 15 is 0 Å². The number of pyridine rings is 2. The van der Waals surface area contributed by atoms with Gasteiger partial charge in [0.2, 0.25) is 0 Å². The van der Waals surface area contributed by atoms with E-state index < -0.39 is 0 Å². The van der Waals surface area contributed by atoms with Crippen molar-refractivity contribution < 1.29 is 9.53 Å². The molecule has 0 saturated carbocycles. The van der Waals surface area contributed by atoms with Gasteiger partial charge in [0, 0.05) is 63.6 Å². The number of carbonyl (C=O) groups is 1. The zero-order chi connectivity index (χ0) is 24.5. The van der Waals surface area contributed by atoms with Crippen molar-refractivity contribution in [3.63, 3.8) is 0 Å². The first-order valence-electron chi connectivity index (χ1n) is 11.8. The van der Waals surface area contributed by atoms with Crippen LogP contribution in [0.5, 0.6) is 5.75 Å². The molecule has 0 fully saturated rings. The maximum absolute atomic E-state index is 12.0. The van der Waals surface area contributed by atoms with E-state index in [1.165, 1.54) is 5.57 Å². The summed E-state index contributed by atoms with van der Waals surface area (Å²) in [5, 5.41) is 7.24. The Morgan fingerprint density at radius 2 is 1.95 bits per heavy atom. The number of hydrogen-bond donors (Lipinski definition) is 2. The Morgan fingerprint density at radius 3 is 2.68 bits per heavy atom. The molecule has 8 nitrogen and oxygen atoms in total. The molecule has 1 amide bonds. The maximum Gasteiger partial charge on any atom is 0.252 e. The average molecular weight is 583 g/mol. The number of carbonyl (C=O) groups excluding carboxylic acids is 1. The highest BCUT2D eigenvalue weighted by molar-refractivity contribution is 5.93. The number of fused-ring (bicyclic) bond motifs is 1. The number of halogens is 3. The molecule has 0 spiro atoms. The minimum atomic E-state index is -0.108. The van der Waals surface area contributed by atoms with E-state index in [-0.39, 0.29) is 48.7 Å². The molecule has 206 valence electrons. The number of amides is 1. The smallest absolute Gasteiger partial charge is 0.252 e. The first-order chi connectivity index (χ1) is 17.1. The van der Waals surface area contributed by atoms with Crippen LogP contribution in [-0.4, -0.2) is 59.7 Å². The third-order valence-electron chi connectivity index (χ3n) is 5.88. The van der Waals surface area contributed by atoms with Crippen molar-refractivity contribution in [2.24, 2.45) is 7.05 Å². The maximum atomic E-state index is 12.0. The van der Waals surface area contributed by atoms with E-state index in [2.05, 4.69) is 38.9 Å². The molecule has 0 bridgehead atoms. The minimum absolute atomic E-state index is 0. The van der Waals surface area contributed by atoms with E-state index in [1.54, 1.807) is 42.2 Å². The molecule has 3 aromatic rings. The molecule has 38 heavy (non-hydrogen) atoms. The van der Waals surface area contributed by atoms with Gasteiger partial charge in [-0.05, 0) is 60.7 Å². The Morgan fingerprint density at radius 1 is 1.11 bits per heavy atom. The standard InChI is InChI=1S/C27H31N5O3.3ClH/c1-31-25-7-6-24(18-22(25)5-8-26(31)33)35-17-3-14-32-15-9-21(10-16-32)19-29-12-13-30-27(34)23-4-2-11-28-20-23;;;/h2,4-11,15,18,20,29H,3,12-14,16-17,19H2,1H3,(H,30,34);3*1H. The van der Waals surface area contributed by atoms with E-state index in [9.17, 15) is 9.59 Å². The van der Waals surface area contributed by atoms with Crippen molar-refractivity contribution in [1.82, 2.24) is 25.1 Å². The lowest BCUT2D eigenvalue weighted by molar-refractivity contribution is 0.0953. The van der Waals surface area contributed by atoms with E-state index in [0.29, 0.717) is 25.3 Å². The van der Waals surface area contributed by atoms with Crippen LogP contribution in [0.1, 0.15) is 16.8 Å². The van der Waals surface area contributed by atoms with Crippen LogP contribution in [0.15, 0.2) is 83.6 Å². The van der Waals surface area contributed by atoms with Crippen LogP contribution < -0.4 is 20.9 Å². The van der Waals surface area contributed by atoms with E-state index in [0.717, 1.165) is 42.7 Å². The fourth-order valence-electron chi connectivity index (χ4n) is 3.87. The monoisotopic (exact) mass is 581 g/mol. The Labute approximate surface area is 241 Å².